The molecule has 3 fully saturated rings. The standard InChI is InChI=1S/C28H51NO3/c1-20(2)17-22-12-14-23(15-13-22)21(3)27(30)32-26-11-8-10-24(18-26)28(31)16-7-6-9-25(28)19-29(4)5/h20-26,31H,6-19H2,1-5H3. The van der Waals surface area contributed by atoms with Crippen molar-refractivity contribution in [1.82, 2.24) is 4.90 Å². The van der Waals surface area contributed by atoms with Crippen molar-refractivity contribution >= 4 is 5.97 Å². The van der Waals surface area contributed by atoms with E-state index in [1.807, 2.05) is 0 Å². The van der Waals surface area contributed by atoms with Crippen LogP contribution in [0.3, 0.4) is 0 Å². The molecule has 3 saturated carbocycles. The van der Waals surface area contributed by atoms with Crippen LogP contribution in [0.5, 0.6) is 0 Å². The minimum atomic E-state index is -0.589. The van der Waals surface area contributed by atoms with Gasteiger partial charge in [0.05, 0.1) is 11.5 Å². The van der Waals surface area contributed by atoms with Gasteiger partial charge < -0.3 is 14.7 Å². The Morgan fingerprint density at radius 3 is 2.38 bits per heavy atom. The molecule has 3 rings (SSSR count). The van der Waals surface area contributed by atoms with Crippen LogP contribution in [0.25, 0.3) is 0 Å². The van der Waals surface area contributed by atoms with Crippen molar-refractivity contribution in [3.8, 4) is 0 Å². The first-order valence-corrected chi connectivity index (χ1v) is 13.8. The Morgan fingerprint density at radius 2 is 1.72 bits per heavy atom. The molecule has 0 bridgehead atoms. The van der Waals surface area contributed by atoms with E-state index >= 15 is 0 Å². The van der Waals surface area contributed by atoms with Crippen LogP contribution in [-0.4, -0.2) is 48.3 Å². The second-order valence-corrected chi connectivity index (χ2v) is 12.3. The second-order valence-electron chi connectivity index (χ2n) is 12.3. The summed E-state index contributed by atoms with van der Waals surface area (Å²) < 4.78 is 6.12. The Morgan fingerprint density at radius 1 is 1.00 bits per heavy atom. The number of aliphatic hydroxyl groups is 1. The molecule has 0 aromatic heterocycles. The van der Waals surface area contributed by atoms with Crippen molar-refractivity contribution in [1.29, 1.82) is 0 Å². The number of carbonyl (C=O) groups excluding carboxylic acids is 1. The highest BCUT2D eigenvalue weighted by Crippen LogP contribution is 2.46. The van der Waals surface area contributed by atoms with Gasteiger partial charge in [0, 0.05) is 12.5 Å². The molecule has 0 aromatic carbocycles. The van der Waals surface area contributed by atoms with Crippen LogP contribution in [0.2, 0.25) is 0 Å². The van der Waals surface area contributed by atoms with E-state index in [1.165, 1.54) is 38.5 Å². The average molecular weight is 450 g/mol. The van der Waals surface area contributed by atoms with Gasteiger partial charge in [0.1, 0.15) is 6.10 Å². The minimum Gasteiger partial charge on any atom is -0.462 e. The molecular formula is C28H51NO3. The summed E-state index contributed by atoms with van der Waals surface area (Å²) in [5, 5.41) is 11.8. The summed E-state index contributed by atoms with van der Waals surface area (Å²) in [7, 11) is 4.22. The predicted molar refractivity (Wildman–Crippen MR) is 131 cm³/mol. The maximum Gasteiger partial charge on any atom is 0.309 e. The largest absolute Gasteiger partial charge is 0.462 e. The lowest BCUT2D eigenvalue weighted by Crippen LogP contribution is -2.52. The first-order chi connectivity index (χ1) is 15.2. The van der Waals surface area contributed by atoms with E-state index < -0.39 is 5.60 Å². The molecule has 0 heterocycles. The highest BCUT2D eigenvalue weighted by Gasteiger charge is 2.47. The van der Waals surface area contributed by atoms with E-state index in [-0.39, 0.29) is 23.9 Å². The zero-order valence-corrected chi connectivity index (χ0v) is 21.7. The number of ether oxygens (including phenoxy) is 1. The number of rotatable bonds is 8. The third-order valence-electron chi connectivity index (χ3n) is 9.06. The number of esters is 1. The topological polar surface area (TPSA) is 49.8 Å². The SMILES string of the molecule is CC(C)CC1CCC(C(C)C(=O)OC2CCCC(C3(O)CCCCC3CN(C)C)C2)CC1. The summed E-state index contributed by atoms with van der Waals surface area (Å²) in [6, 6.07) is 0. The van der Waals surface area contributed by atoms with E-state index in [4.69, 9.17) is 4.74 Å². The summed E-state index contributed by atoms with van der Waals surface area (Å²) in [6.45, 7) is 7.68. The maximum atomic E-state index is 13.1. The summed E-state index contributed by atoms with van der Waals surface area (Å²) in [5.41, 5.74) is -0.589. The molecule has 0 saturated heterocycles. The van der Waals surface area contributed by atoms with Crippen LogP contribution in [0, 0.1) is 35.5 Å². The van der Waals surface area contributed by atoms with Crippen molar-refractivity contribution in [3.05, 3.63) is 0 Å². The van der Waals surface area contributed by atoms with Gasteiger partial charge in [0.2, 0.25) is 0 Å². The lowest BCUT2D eigenvalue weighted by molar-refractivity contribution is -0.164. The van der Waals surface area contributed by atoms with E-state index in [2.05, 4.69) is 39.8 Å². The Bertz CT molecular complexity index is 583. The molecule has 32 heavy (non-hydrogen) atoms. The molecular weight excluding hydrogens is 398 g/mol. The van der Waals surface area contributed by atoms with Gasteiger partial charge in [-0.25, -0.2) is 0 Å². The fraction of sp³-hybridized carbons (Fsp3) is 0.964. The molecule has 0 amide bonds. The third kappa shape index (κ3) is 6.72. The van der Waals surface area contributed by atoms with Gasteiger partial charge in [-0.2, -0.15) is 0 Å². The van der Waals surface area contributed by atoms with Crippen molar-refractivity contribution in [2.45, 2.75) is 116 Å². The van der Waals surface area contributed by atoms with E-state index in [0.717, 1.165) is 63.3 Å². The Labute approximate surface area is 197 Å². The Kier molecular flexibility index (Phi) is 9.50. The van der Waals surface area contributed by atoms with E-state index in [0.29, 0.717) is 11.8 Å². The summed E-state index contributed by atoms with van der Waals surface area (Å²) in [4.78, 5) is 15.3. The van der Waals surface area contributed by atoms with Gasteiger partial charge in [-0.1, -0.05) is 46.5 Å². The minimum absolute atomic E-state index is 0.00747. The van der Waals surface area contributed by atoms with Crippen LogP contribution in [0.1, 0.15) is 104 Å². The average Bonchev–Trinajstić information content (AvgIpc) is 2.75. The summed E-state index contributed by atoms with van der Waals surface area (Å²) in [6.07, 6.45) is 14.5. The lowest BCUT2D eigenvalue weighted by Gasteiger charge is -2.48. The zero-order valence-electron chi connectivity index (χ0n) is 21.7. The number of carbonyl (C=O) groups is 1. The highest BCUT2D eigenvalue weighted by atomic mass is 16.5. The van der Waals surface area contributed by atoms with Crippen LogP contribution in [0.4, 0.5) is 0 Å². The molecule has 0 spiro atoms. The Hall–Kier alpha value is -0.610. The van der Waals surface area contributed by atoms with Crippen LogP contribution < -0.4 is 0 Å². The van der Waals surface area contributed by atoms with Crippen molar-refractivity contribution in [2.24, 2.45) is 35.5 Å². The monoisotopic (exact) mass is 449 g/mol. The fourth-order valence-electron chi connectivity index (χ4n) is 7.24. The number of hydrogen-bond donors (Lipinski definition) is 1. The molecule has 0 radical (unpaired) electrons. The smallest absolute Gasteiger partial charge is 0.309 e. The van der Waals surface area contributed by atoms with Crippen molar-refractivity contribution in [2.75, 3.05) is 20.6 Å². The molecule has 1 N–H and O–H groups in total. The fourth-order valence-corrected chi connectivity index (χ4v) is 7.24. The Balaban J connectivity index is 1.52. The van der Waals surface area contributed by atoms with Crippen LogP contribution >= 0.6 is 0 Å². The summed E-state index contributed by atoms with van der Waals surface area (Å²) >= 11 is 0. The van der Waals surface area contributed by atoms with Gasteiger partial charge in [0.15, 0.2) is 0 Å². The first-order valence-electron chi connectivity index (χ1n) is 13.8. The van der Waals surface area contributed by atoms with Crippen LogP contribution in [-0.2, 0) is 9.53 Å². The zero-order chi connectivity index (χ0) is 23.3. The normalized spacial score (nSPS) is 37.4. The molecule has 3 aliphatic rings. The second kappa shape index (κ2) is 11.7. The quantitative estimate of drug-likeness (QED) is 0.458. The maximum absolute atomic E-state index is 13.1. The molecule has 0 aliphatic heterocycles. The van der Waals surface area contributed by atoms with E-state index in [1.54, 1.807) is 0 Å². The van der Waals surface area contributed by atoms with Gasteiger partial charge in [-0.3, -0.25) is 4.79 Å². The highest BCUT2D eigenvalue weighted by molar-refractivity contribution is 5.72. The van der Waals surface area contributed by atoms with Gasteiger partial charge >= 0.3 is 5.97 Å². The third-order valence-corrected chi connectivity index (χ3v) is 9.06. The number of nitrogens with zero attached hydrogens (tertiary/aromatic N) is 1. The molecule has 4 heteroatoms. The molecule has 186 valence electrons. The predicted octanol–water partition coefficient (Wildman–Crippen LogP) is 6.06. The van der Waals surface area contributed by atoms with Crippen molar-refractivity contribution < 1.29 is 14.6 Å². The molecule has 4 nitrogen and oxygen atoms in total. The molecule has 5 unspecified atom stereocenters. The lowest BCUT2D eigenvalue weighted by atomic mass is 9.64. The first kappa shape index (κ1) is 26.0. The molecule has 0 aromatic rings. The number of hydrogen-bond acceptors (Lipinski definition) is 4. The van der Waals surface area contributed by atoms with E-state index in [9.17, 15) is 9.90 Å². The van der Waals surface area contributed by atoms with Crippen LogP contribution in [0.15, 0.2) is 0 Å². The van der Waals surface area contributed by atoms with Crippen molar-refractivity contribution in [3.63, 3.8) is 0 Å². The van der Waals surface area contributed by atoms with Gasteiger partial charge in [-0.05, 0) is 95.6 Å². The molecule has 3 aliphatic carbocycles. The summed E-state index contributed by atoms with van der Waals surface area (Å²) in [5.74, 6) is 2.73. The van der Waals surface area contributed by atoms with Gasteiger partial charge in [0.25, 0.3) is 0 Å². The molecule has 5 atom stereocenters. The van der Waals surface area contributed by atoms with Gasteiger partial charge in [-0.15, -0.1) is 0 Å².